The summed E-state index contributed by atoms with van der Waals surface area (Å²) in [7, 11) is 1.38. The molecule has 96 valence electrons. The fourth-order valence-electron chi connectivity index (χ4n) is 1.14. The molecule has 0 aliphatic carbocycles. The Bertz CT molecular complexity index is 311. The van der Waals surface area contributed by atoms with Gasteiger partial charge in [-0.05, 0) is 18.4 Å². The van der Waals surface area contributed by atoms with E-state index in [-0.39, 0.29) is 5.92 Å². The Morgan fingerprint density at radius 1 is 1.47 bits per heavy atom. The molecule has 0 bridgehead atoms. The van der Waals surface area contributed by atoms with E-state index in [0.717, 1.165) is 0 Å². The Balaban J connectivity index is 4.26. The zero-order valence-electron chi connectivity index (χ0n) is 10.2. The number of hydrogen-bond acceptors (Lipinski definition) is 4. The van der Waals surface area contributed by atoms with E-state index in [1.54, 1.807) is 0 Å². The molecule has 6 nitrogen and oxygen atoms in total. The minimum absolute atomic E-state index is 0.190. The number of carboxylic acid groups (broad SMARTS) is 1. The summed E-state index contributed by atoms with van der Waals surface area (Å²) in [6, 6.07) is -0.869. The number of carbonyl (C=O) groups is 2. The van der Waals surface area contributed by atoms with Crippen molar-refractivity contribution in [3.05, 3.63) is 12.2 Å². The predicted molar refractivity (Wildman–Crippen MR) is 63.7 cm³/mol. The van der Waals surface area contributed by atoms with Crippen molar-refractivity contribution in [3.63, 3.8) is 0 Å². The standard InChI is InChI=1S/C11H18N2O4/c1-8(2)7-9(11(15)16)13-10(14)5-4-6-12-17-3/h4-6,8-9H,7H2,1-3H3,(H,13,14)(H,15,16)/b5-4-,12-6+/t9-/m0/s1. The van der Waals surface area contributed by atoms with Crippen LogP contribution in [0, 0.1) is 5.92 Å². The van der Waals surface area contributed by atoms with Crippen LogP contribution in [0.1, 0.15) is 20.3 Å². The van der Waals surface area contributed by atoms with Crippen LogP contribution in [-0.4, -0.2) is 36.3 Å². The van der Waals surface area contributed by atoms with Crippen LogP contribution in [0.2, 0.25) is 0 Å². The van der Waals surface area contributed by atoms with Crippen LogP contribution >= 0.6 is 0 Å². The molecule has 0 aliphatic heterocycles. The van der Waals surface area contributed by atoms with Crippen molar-refractivity contribution in [1.82, 2.24) is 5.32 Å². The molecule has 0 saturated heterocycles. The third-order valence-electron chi connectivity index (χ3n) is 1.82. The minimum Gasteiger partial charge on any atom is -0.480 e. The zero-order valence-corrected chi connectivity index (χ0v) is 10.2. The Morgan fingerprint density at radius 2 is 2.12 bits per heavy atom. The van der Waals surface area contributed by atoms with Gasteiger partial charge in [0.1, 0.15) is 13.2 Å². The lowest BCUT2D eigenvalue weighted by atomic mass is 10.0. The highest BCUT2D eigenvalue weighted by Gasteiger charge is 2.19. The van der Waals surface area contributed by atoms with E-state index in [0.29, 0.717) is 6.42 Å². The molecule has 0 aliphatic rings. The number of nitrogens with one attached hydrogen (secondary N) is 1. The van der Waals surface area contributed by atoms with Gasteiger partial charge < -0.3 is 15.3 Å². The predicted octanol–water partition coefficient (Wildman–Crippen LogP) is 0.790. The molecule has 0 aromatic carbocycles. The second-order valence-corrected chi connectivity index (χ2v) is 3.83. The first kappa shape index (κ1) is 15.2. The van der Waals surface area contributed by atoms with E-state index < -0.39 is 17.9 Å². The SMILES string of the molecule is CO/N=C/C=C\C(=O)N[C@@H](CC(C)C)C(=O)O. The van der Waals surface area contributed by atoms with Crippen LogP contribution in [0.3, 0.4) is 0 Å². The maximum absolute atomic E-state index is 11.3. The van der Waals surface area contributed by atoms with Gasteiger partial charge in [0.05, 0.1) is 6.21 Å². The monoisotopic (exact) mass is 242 g/mol. The fraction of sp³-hybridized carbons (Fsp3) is 0.545. The summed E-state index contributed by atoms with van der Waals surface area (Å²) in [5.41, 5.74) is 0. The summed E-state index contributed by atoms with van der Waals surface area (Å²) in [5, 5.41) is 14.7. The molecule has 2 N–H and O–H groups in total. The first-order valence-electron chi connectivity index (χ1n) is 5.23. The third kappa shape index (κ3) is 8.01. The average molecular weight is 242 g/mol. The van der Waals surface area contributed by atoms with Gasteiger partial charge in [0.15, 0.2) is 0 Å². The molecule has 1 amide bonds. The highest BCUT2D eigenvalue weighted by atomic mass is 16.6. The lowest BCUT2D eigenvalue weighted by molar-refractivity contribution is -0.141. The number of aliphatic carboxylic acids is 1. The summed E-state index contributed by atoms with van der Waals surface area (Å²) in [4.78, 5) is 26.6. The Labute approximate surface area is 100 Å². The van der Waals surface area contributed by atoms with Gasteiger partial charge in [0.25, 0.3) is 0 Å². The van der Waals surface area contributed by atoms with Gasteiger partial charge in [-0.15, -0.1) is 0 Å². The lowest BCUT2D eigenvalue weighted by Crippen LogP contribution is -2.40. The first-order chi connectivity index (χ1) is 7.97. The molecule has 1 atom stereocenters. The second-order valence-electron chi connectivity index (χ2n) is 3.83. The highest BCUT2D eigenvalue weighted by Crippen LogP contribution is 2.04. The molecule has 0 saturated carbocycles. The van der Waals surface area contributed by atoms with Gasteiger partial charge in [-0.25, -0.2) is 4.79 Å². The molecular weight excluding hydrogens is 224 g/mol. The summed E-state index contributed by atoms with van der Waals surface area (Å²) in [5.74, 6) is -1.32. The van der Waals surface area contributed by atoms with E-state index in [2.05, 4.69) is 15.3 Å². The molecule has 0 aromatic rings. The zero-order chi connectivity index (χ0) is 13.3. The fourth-order valence-corrected chi connectivity index (χ4v) is 1.14. The Morgan fingerprint density at radius 3 is 2.59 bits per heavy atom. The van der Waals surface area contributed by atoms with Crippen LogP contribution in [0.4, 0.5) is 0 Å². The van der Waals surface area contributed by atoms with Crippen molar-refractivity contribution in [3.8, 4) is 0 Å². The molecule has 0 spiro atoms. The van der Waals surface area contributed by atoms with Crippen molar-refractivity contribution in [1.29, 1.82) is 0 Å². The van der Waals surface area contributed by atoms with E-state index in [4.69, 9.17) is 5.11 Å². The number of rotatable bonds is 7. The number of allylic oxidation sites excluding steroid dienone is 1. The number of carbonyl (C=O) groups excluding carboxylic acids is 1. The number of oxime groups is 1. The van der Waals surface area contributed by atoms with Crippen molar-refractivity contribution in [2.75, 3.05) is 7.11 Å². The van der Waals surface area contributed by atoms with Crippen LogP contribution in [0.5, 0.6) is 0 Å². The number of nitrogens with zero attached hydrogens (tertiary/aromatic N) is 1. The highest BCUT2D eigenvalue weighted by molar-refractivity contribution is 5.94. The van der Waals surface area contributed by atoms with E-state index in [1.807, 2.05) is 13.8 Å². The number of amides is 1. The molecule has 17 heavy (non-hydrogen) atoms. The maximum atomic E-state index is 11.3. The molecular formula is C11H18N2O4. The average Bonchev–Trinajstić information content (AvgIpc) is 2.22. The smallest absolute Gasteiger partial charge is 0.326 e. The maximum Gasteiger partial charge on any atom is 0.326 e. The normalized spacial score (nSPS) is 13.2. The van der Waals surface area contributed by atoms with E-state index in [1.165, 1.54) is 25.5 Å². The van der Waals surface area contributed by atoms with E-state index >= 15 is 0 Å². The van der Waals surface area contributed by atoms with Crippen LogP contribution in [-0.2, 0) is 14.4 Å². The molecule has 0 heterocycles. The van der Waals surface area contributed by atoms with Gasteiger partial charge >= 0.3 is 5.97 Å². The van der Waals surface area contributed by atoms with E-state index in [9.17, 15) is 9.59 Å². The first-order valence-corrected chi connectivity index (χ1v) is 5.23. The summed E-state index contributed by atoms with van der Waals surface area (Å²) < 4.78 is 0. The van der Waals surface area contributed by atoms with Crippen molar-refractivity contribution in [2.45, 2.75) is 26.3 Å². The van der Waals surface area contributed by atoms with Gasteiger partial charge in [-0.2, -0.15) is 0 Å². The lowest BCUT2D eigenvalue weighted by Gasteiger charge is -2.15. The van der Waals surface area contributed by atoms with Gasteiger partial charge in [-0.3, -0.25) is 4.79 Å². The minimum atomic E-state index is -1.04. The van der Waals surface area contributed by atoms with Crippen LogP contribution in [0.15, 0.2) is 17.3 Å². The summed E-state index contributed by atoms with van der Waals surface area (Å²) in [6.45, 7) is 3.78. The van der Waals surface area contributed by atoms with Gasteiger partial charge in [0.2, 0.25) is 5.91 Å². The summed E-state index contributed by atoms with van der Waals surface area (Å²) in [6.07, 6.45) is 4.24. The van der Waals surface area contributed by atoms with Crippen LogP contribution < -0.4 is 5.32 Å². The number of hydrogen-bond donors (Lipinski definition) is 2. The third-order valence-corrected chi connectivity index (χ3v) is 1.82. The van der Waals surface area contributed by atoms with Crippen molar-refractivity contribution < 1.29 is 19.5 Å². The molecule has 0 radical (unpaired) electrons. The molecule has 0 aromatic heterocycles. The van der Waals surface area contributed by atoms with Gasteiger partial charge in [0, 0.05) is 6.08 Å². The van der Waals surface area contributed by atoms with Crippen molar-refractivity contribution >= 4 is 18.1 Å². The second kappa shape index (κ2) is 8.32. The Kier molecular flexibility index (Phi) is 7.41. The molecule has 6 heteroatoms. The summed E-state index contributed by atoms with van der Waals surface area (Å²) >= 11 is 0. The Hall–Kier alpha value is -1.85. The topological polar surface area (TPSA) is 88.0 Å². The molecule has 0 fully saturated rings. The number of carboxylic acids is 1. The van der Waals surface area contributed by atoms with Gasteiger partial charge in [-0.1, -0.05) is 19.0 Å². The molecule has 0 unspecified atom stereocenters. The van der Waals surface area contributed by atoms with Crippen molar-refractivity contribution in [2.24, 2.45) is 11.1 Å². The quantitative estimate of drug-likeness (QED) is 0.392. The molecule has 0 rings (SSSR count). The van der Waals surface area contributed by atoms with Crippen LogP contribution in [0.25, 0.3) is 0 Å². The largest absolute Gasteiger partial charge is 0.480 e.